The lowest BCUT2D eigenvalue weighted by molar-refractivity contribution is 0.0502. The molecule has 6 heteroatoms. The zero-order valence-electron chi connectivity index (χ0n) is 15.9. The molecule has 24 heavy (non-hydrogen) atoms. The van der Waals surface area contributed by atoms with Crippen LogP contribution in [0.4, 0.5) is 0 Å². The maximum atomic E-state index is 4.38. The van der Waals surface area contributed by atoms with Crippen LogP contribution in [0.15, 0.2) is 0 Å². The average molecular weight is 335 g/mol. The third kappa shape index (κ3) is 3.80. The maximum Gasteiger partial charge on any atom is 0.168 e. The van der Waals surface area contributed by atoms with Crippen molar-refractivity contribution in [2.45, 2.75) is 83.8 Å². The number of hydrogen-bond acceptors (Lipinski definition) is 5. The molecule has 1 saturated carbocycles. The Morgan fingerprint density at radius 3 is 2.29 bits per heavy atom. The molecular formula is C18H34N6. The molecule has 6 nitrogen and oxygen atoms in total. The summed E-state index contributed by atoms with van der Waals surface area (Å²) < 4.78 is 2.01. The van der Waals surface area contributed by atoms with Crippen molar-refractivity contribution in [3.05, 3.63) is 5.82 Å². The number of nitrogens with zero attached hydrogens (tertiary/aromatic N) is 6. The monoisotopic (exact) mass is 334 g/mol. The van der Waals surface area contributed by atoms with E-state index in [9.17, 15) is 0 Å². The molecule has 136 valence electrons. The van der Waals surface area contributed by atoms with E-state index >= 15 is 0 Å². The summed E-state index contributed by atoms with van der Waals surface area (Å²) >= 11 is 0. The molecule has 0 radical (unpaired) electrons. The highest BCUT2D eigenvalue weighted by molar-refractivity contribution is 4.98. The van der Waals surface area contributed by atoms with E-state index < -0.39 is 0 Å². The first kappa shape index (κ1) is 17.8. The van der Waals surface area contributed by atoms with Crippen LogP contribution in [0.2, 0.25) is 0 Å². The predicted molar refractivity (Wildman–Crippen MR) is 95.9 cm³/mol. The highest BCUT2D eigenvalue weighted by Crippen LogP contribution is 2.29. The molecule has 0 aromatic carbocycles. The van der Waals surface area contributed by atoms with E-state index in [4.69, 9.17) is 0 Å². The van der Waals surface area contributed by atoms with Gasteiger partial charge >= 0.3 is 0 Å². The lowest BCUT2D eigenvalue weighted by Crippen LogP contribution is -2.52. The maximum absolute atomic E-state index is 4.38. The Morgan fingerprint density at radius 1 is 1.04 bits per heavy atom. The lowest BCUT2D eigenvalue weighted by Gasteiger charge is -2.43. The number of hydrogen-bond donors (Lipinski definition) is 0. The van der Waals surface area contributed by atoms with Crippen LogP contribution in [0.1, 0.15) is 78.1 Å². The fraction of sp³-hybridized carbons (Fsp3) is 0.944. The zero-order valence-corrected chi connectivity index (χ0v) is 15.9. The molecule has 1 aromatic heterocycles. The summed E-state index contributed by atoms with van der Waals surface area (Å²) in [6.07, 6.45) is 8.13. The van der Waals surface area contributed by atoms with E-state index in [1.807, 2.05) is 4.68 Å². The van der Waals surface area contributed by atoms with E-state index in [0.717, 1.165) is 31.4 Å². The summed E-state index contributed by atoms with van der Waals surface area (Å²) in [5.74, 6) is 1.02. The molecule has 1 aromatic rings. The van der Waals surface area contributed by atoms with Gasteiger partial charge < -0.3 is 0 Å². The molecule has 1 aliphatic carbocycles. The molecular weight excluding hydrogens is 300 g/mol. The minimum absolute atomic E-state index is 0.0732. The molecule has 2 fully saturated rings. The fourth-order valence-electron chi connectivity index (χ4n) is 4.34. The van der Waals surface area contributed by atoms with Crippen molar-refractivity contribution in [2.24, 2.45) is 0 Å². The summed E-state index contributed by atoms with van der Waals surface area (Å²) in [6, 6.07) is 1.16. The third-order valence-corrected chi connectivity index (χ3v) is 5.69. The lowest BCUT2D eigenvalue weighted by atomic mass is 9.93. The number of aromatic nitrogens is 4. The van der Waals surface area contributed by atoms with Gasteiger partial charge in [0.15, 0.2) is 5.82 Å². The molecule has 1 aliphatic heterocycles. The van der Waals surface area contributed by atoms with Gasteiger partial charge in [-0.3, -0.25) is 9.80 Å². The van der Waals surface area contributed by atoms with Crippen molar-refractivity contribution >= 4 is 0 Å². The third-order valence-electron chi connectivity index (χ3n) is 5.69. The van der Waals surface area contributed by atoms with Gasteiger partial charge in [0.1, 0.15) is 0 Å². The summed E-state index contributed by atoms with van der Waals surface area (Å²) in [7, 11) is 0. The average Bonchev–Trinajstić information content (AvgIpc) is 3.07. The first-order chi connectivity index (χ1) is 11.5. The first-order valence-electron chi connectivity index (χ1n) is 9.77. The zero-order chi connectivity index (χ0) is 17.2. The van der Waals surface area contributed by atoms with Crippen molar-refractivity contribution in [2.75, 3.05) is 26.2 Å². The van der Waals surface area contributed by atoms with Crippen molar-refractivity contribution in [3.8, 4) is 0 Å². The van der Waals surface area contributed by atoms with Gasteiger partial charge in [-0.2, -0.15) is 0 Å². The van der Waals surface area contributed by atoms with Crippen LogP contribution in [-0.2, 0) is 5.54 Å². The van der Waals surface area contributed by atoms with Gasteiger partial charge in [0.25, 0.3) is 0 Å². The minimum Gasteiger partial charge on any atom is -0.298 e. The Hall–Kier alpha value is -1.01. The molecule has 3 rings (SSSR count). The van der Waals surface area contributed by atoms with Crippen molar-refractivity contribution < 1.29 is 0 Å². The van der Waals surface area contributed by atoms with Crippen LogP contribution in [0.3, 0.4) is 0 Å². The van der Waals surface area contributed by atoms with E-state index in [2.05, 4.69) is 53.0 Å². The number of rotatable bonds is 4. The smallest absolute Gasteiger partial charge is 0.168 e. The molecule has 1 atom stereocenters. The molecule has 2 heterocycles. The van der Waals surface area contributed by atoms with Gasteiger partial charge in [-0.05, 0) is 50.5 Å². The van der Waals surface area contributed by atoms with E-state index in [1.165, 1.54) is 45.2 Å². The van der Waals surface area contributed by atoms with Crippen LogP contribution in [0.5, 0.6) is 0 Å². The van der Waals surface area contributed by atoms with Crippen molar-refractivity contribution in [1.29, 1.82) is 0 Å². The Bertz CT molecular complexity index is 506. The number of piperazine rings is 1. The topological polar surface area (TPSA) is 50.1 Å². The Morgan fingerprint density at radius 2 is 1.71 bits per heavy atom. The van der Waals surface area contributed by atoms with Crippen molar-refractivity contribution in [1.82, 2.24) is 30.0 Å². The van der Waals surface area contributed by atoms with E-state index in [1.54, 1.807) is 0 Å². The largest absolute Gasteiger partial charge is 0.298 e. The summed E-state index contributed by atoms with van der Waals surface area (Å²) in [5, 5.41) is 12.6. The van der Waals surface area contributed by atoms with E-state index in [-0.39, 0.29) is 5.54 Å². The quantitative estimate of drug-likeness (QED) is 0.847. The second-order valence-electron chi connectivity index (χ2n) is 8.41. The van der Waals surface area contributed by atoms with Gasteiger partial charge in [0.05, 0.1) is 11.6 Å². The van der Waals surface area contributed by atoms with Gasteiger partial charge in [-0.1, -0.05) is 26.2 Å². The molecule has 1 saturated heterocycles. The summed E-state index contributed by atoms with van der Waals surface area (Å²) in [5.41, 5.74) is -0.0732. The van der Waals surface area contributed by atoms with Gasteiger partial charge in [-0.15, -0.1) is 5.10 Å². The molecule has 0 spiro atoms. The highest BCUT2D eigenvalue weighted by Gasteiger charge is 2.32. The van der Waals surface area contributed by atoms with Gasteiger partial charge in [-0.25, -0.2) is 4.68 Å². The van der Waals surface area contributed by atoms with Gasteiger partial charge in [0.2, 0.25) is 0 Å². The van der Waals surface area contributed by atoms with Crippen LogP contribution in [-0.4, -0.2) is 62.2 Å². The Balaban J connectivity index is 1.65. The normalized spacial score (nSPS) is 23.5. The second-order valence-corrected chi connectivity index (χ2v) is 8.41. The second kappa shape index (κ2) is 7.48. The molecule has 1 unspecified atom stereocenters. The minimum atomic E-state index is -0.0732. The van der Waals surface area contributed by atoms with Gasteiger partial charge in [0, 0.05) is 32.2 Å². The SMILES string of the molecule is CCC(c1nnnn1C(C)(C)C)N1CCN(C2CCCCC2)CC1. The van der Waals surface area contributed by atoms with Crippen LogP contribution < -0.4 is 0 Å². The predicted octanol–water partition coefficient (Wildman–Crippen LogP) is 2.83. The van der Waals surface area contributed by atoms with Crippen LogP contribution >= 0.6 is 0 Å². The molecule has 0 amide bonds. The fourth-order valence-corrected chi connectivity index (χ4v) is 4.34. The summed E-state index contributed by atoms with van der Waals surface area (Å²) in [6.45, 7) is 13.4. The van der Waals surface area contributed by atoms with E-state index in [0.29, 0.717) is 6.04 Å². The summed E-state index contributed by atoms with van der Waals surface area (Å²) in [4.78, 5) is 5.32. The molecule has 2 aliphatic rings. The molecule has 0 N–H and O–H groups in total. The number of tetrazole rings is 1. The highest BCUT2D eigenvalue weighted by atomic mass is 15.6. The van der Waals surface area contributed by atoms with Crippen LogP contribution in [0.25, 0.3) is 0 Å². The first-order valence-corrected chi connectivity index (χ1v) is 9.77. The Kier molecular flexibility index (Phi) is 5.55. The van der Waals surface area contributed by atoms with Crippen molar-refractivity contribution in [3.63, 3.8) is 0 Å². The van der Waals surface area contributed by atoms with Crippen LogP contribution in [0, 0.1) is 0 Å². The standard InChI is InChI=1S/C18H34N6/c1-5-16(17-19-20-21-24(17)18(2,3)4)23-13-11-22(12-14-23)15-9-7-6-8-10-15/h15-16H,5-14H2,1-4H3. The Labute approximate surface area is 146 Å². The molecule has 0 bridgehead atoms.